The normalized spacial score (nSPS) is 11.2. The lowest BCUT2D eigenvalue weighted by molar-refractivity contribution is -0.138. The van der Waals surface area contributed by atoms with Crippen molar-refractivity contribution in [3.63, 3.8) is 0 Å². The number of benzene rings is 2. The van der Waals surface area contributed by atoms with Gasteiger partial charge in [-0.2, -0.15) is 13.2 Å². The number of ether oxygens (including phenoxy) is 1. The second-order valence-electron chi connectivity index (χ2n) is 3.90. The van der Waals surface area contributed by atoms with Crippen LogP contribution in [0.5, 0.6) is 11.5 Å². The summed E-state index contributed by atoms with van der Waals surface area (Å²) in [6.45, 7) is 0. The summed E-state index contributed by atoms with van der Waals surface area (Å²) in [7, 11) is 0. The molecule has 6 heteroatoms. The summed E-state index contributed by atoms with van der Waals surface area (Å²) >= 11 is 0. The number of halogens is 4. The topological polar surface area (TPSA) is 26.3 Å². The van der Waals surface area contributed by atoms with Gasteiger partial charge in [0, 0.05) is 5.56 Å². The standard InChI is InChI=1S/C14H8F4O2/c15-11-3-1-2-4-13(11)20-12-6-5-9(8-19)7-10(12)14(16,17)18/h1-8H. The Bertz CT molecular complexity index is 635. The van der Waals surface area contributed by atoms with Crippen molar-refractivity contribution in [1.82, 2.24) is 0 Å². The summed E-state index contributed by atoms with van der Waals surface area (Å²) in [5, 5.41) is 0. The van der Waals surface area contributed by atoms with Crippen LogP contribution < -0.4 is 4.74 Å². The van der Waals surface area contributed by atoms with E-state index in [1.165, 1.54) is 24.3 Å². The lowest BCUT2D eigenvalue weighted by Crippen LogP contribution is -2.08. The van der Waals surface area contributed by atoms with Crippen molar-refractivity contribution >= 4 is 6.29 Å². The quantitative estimate of drug-likeness (QED) is 0.615. The maximum absolute atomic E-state index is 13.4. The SMILES string of the molecule is O=Cc1ccc(Oc2ccccc2F)c(C(F)(F)F)c1. The molecule has 0 saturated carbocycles. The zero-order valence-corrected chi connectivity index (χ0v) is 9.95. The molecule has 0 unspecified atom stereocenters. The molecule has 0 aliphatic rings. The fraction of sp³-hybridized carbons (Fsp3) is 0.0714. The van der Waals surface area contributed by atoms with Gasteiger partial charge in [-0.3, -0.25) is 4.79 Å². The highest BCUT2D eigenvalue weighted by molar-refractivity contribution is 5.75. The van der Waals surface area contributed by atoms with Gasteiger partial charge in [-0.05, 0) is 30.3 Å². The van der Waals surface area contributed by atoms with Crippen molar-refractivity contribution in [2.45, 2.75) is 6.18 Å². The molecule has 0 radical (unpaired) electrons. The molecule has 2 rings (SSSR count). The molecule has 0 aliphatic heterocycles. The lowest BCUT2D eigenvalue weighted by Gasteiger charge is -2.14. The minimum Gasteiger partial charge on any atom is -0.454 e. The molecule has 2 aromatic carbocycles. The molecule has 2 aromatic rings. The molecule has 0 spiro atoms. The number of hydrogen-bond donors (Lipinski definition) is 0. The van der Waals surface area contributed by atoms with Crippen LogP contribution in [0.1, 0.15) is 15.9 Å². The number of carbonyl (C=O) groups excluding carboxylic acids is 1. The van der Waals surface area contributed by atoms with E-state index in [0.717, 1.165) is 12.1 Å². The predicted molar refractivity (Wildman–Crippen MR) is 63.3 cm³/mol. The van der Waals surface area contributed by atoms with Crippen LogP contribution in [-0.2, 0) is 6.18 Å². The summed E-state index contributed by atoms with van der Waals surface area (Å²) in [4.78, 5) is 10.5. The molecule has 0 amide bonds. The number of aldehydes is 1. The molecule has 0 saturated heterocycles. The molecule has 104 valence electrons. The Morgan fingerprint density at radius 1 is 1.00 bits per heavy atom. The van der Waals surface area contributed by atoms with E-state index in [-0.39, 0.29) is 11.3 Å². The zero-order valence-electron chi connectivity index (χ0n) is 9.95. The minimum atomic E-state index is -4.71. The van der Waals surface area contributed by atoms with E-state index < -0.39 is 23.3 Å². The van der Waals surface area contributed by atoms with Crippen molar-refractivity contribution in [3.05, 3.63) is 59.4 Å². The van der Waals surface area contributed by atoms with Gasteiger partial charge in [0.25, 0.3) is 0 Å². The van der Waals surface area contributed by atoms with Crippen LogP contribution in [0.4, 0.5) is 17.6 Å². The smallest absolute Gasteiger partial charge is 0.420 e. The average molecular weight is 284 g/mol. The van der Waals surface area contributed by atoms with Crippen LogP contribution >= 0.6 is 0 Å². The summed E-state index contributed by atoms with van der Waals surface area (Å²) < 4.78 is 57.0. The largest absolute Gasteiger partial charge is 0.454 e. The predicted octanol–water partition coefficient (Wildman–Crippen LogP) is 4.45. The molecule has 0 atom stereocenters. The molecule has 2 nitrogen and oxygen atoms in total. The first-order chi connectivity index (χ1) is 9.41. The second-order valence-corrected chi connectivity index (χ2v) is 3.90. The number of para-hydroxylation sites is 1. The van der Waals surface area contributed by atoms with Crippen molar-refractivity contribution in [2.24, 2.45) is 0 Å². The van der Waals surface area contributed by atoms with Gasteiger partial charge in [-0.25, -0.2) is 4.39 Å². The van der Waals surface area contributed by atoms with Crippen LogP contribution in [0.3, 0.4) is 0 Å². The summed E-state index contributed by atoms with van der Waals surface area (Å²) in [5.41, 5.74) is -1.27. The Morgan fingerprint density at radius 2 is 1.70 bits per heavy atom. The lowest BCUT2D eigenvalue weighted by atomic mass is 10.1. The molecule has 0 aliphatic carbocycles. The molecule has 0 bridgehead atoms. The number of carbonyl (C=O) groups is 1. The first-order valence-corrected chi connectivity index (χ1v) is 5.50. The third-order valence-electron chi connectivity index (χ3n) is 2.50. The van der Waals surface area contributed by atoms with Crippen LogP contribution in [0, 0.1) is 5.82 Å². The number of hydrogen-bond acceptors (Lipinski definition) is 2. The Hall–Kier alpha value is -2.37. The molecule has 0 fully saturated rings. The summed E-state index contributed by atoms with van der Waals surface area (Å²) in [6, 6.07) is 7.92. The van der Waals surface area contributed by atoms with E-state index in [2.05, 4.69) is 0 Å². The van der Waals surface area contributed by atoms with Crippen molar-refractivity contribution in [1.29, 1.82) is 0 Å². The number of rotatable bonds is 3. The minimum absolute atomic E-state index is 0.141. The summed E-state index contributed by atoms with van der Waals surface area (Å²) in [5.74, 6) is -1.66. The van der Waals surface area contributed by atoms with Gasteiger partial charge < -0.3 is 4.74 Å². The van der Waals surface area contributed by atoms with E-state index in [1.54, 1.807) is 0 Å². The maximum atomic E-state index is 13.4. The van der Waals surface area contributed by atoms with Crippen LogP contribution in [-0.4, -0.2) is 6.29 Å². The highest BCUT2D eigenvalue weighted by Crippen LogP contribution is 2.38. The maximum Gasteiger partial charge on any atom is 0.420 e. The molecular formula is C14H8F4O2. The van der Waals surface area contributed by atoms with Gasteiger partial charge in [0.1, 0.15) is 12.0 Å². The first-order valence-electron chi connectivity index (χ1n) is 5.50. The molecule has 20 heavy (non-hydrogen) atoms. The zero-order chi connectivity index (χ0) is 14.8. The van der Waals surface area contributed by atoms with E-state index in [4.69, 9.17) is 4.74 Å². The number of alkyl halides is 3. The van der Waals surface area contributed by atoms with E-state index in [1.807, 2.05) is 0 Å². The van der Waals surface area contributed by atoms with Crippen LogP contribution in [0.25, 0.3) is 0 Å². The summed E-state index contributed by atoms with van der Waals surface area (Å²) in [6.07, 6.45) is -4.41. The van der Waals surface area contributed by atoms with Crippen LogP contribution in [0.15, 0.2) is 42.5 Å². The molecule has 0 aromatic heterocycles. The van der Waals surface area contributed by atoms with Crippen molar-refractivity contribution < 1.29 is 27.1 Å². The fourth-order valence-electron chi connectivity index (χ4n) is 1.58. The van der Waals surface area contributed by atoms with Gasteiger partial charge in [0.15, 0.2) is 11.6 Å². The van der Waals surface area contributed by atoms with Gasteiger partial charge in [-0.15, -0.1) is 0 Å². The third kappa shape index (κ3) is 2.96. The Morgan fingerprint density at radius 3 is 2.30 bits per heavy atom. The van der Waals surface area contributed by atoms with Crippen molar-refractivity contribution in [2.75, 3.05) is 0 Å². The van der Waals surface area contributed by atoms with E-state index in [9.17, 15) is 22.4 Å². The van der Waals surface area contributed by atoms with Gasteiger partial charge in [0.05, 0.1) is 5.56 Å². The molecule has 0 heterocycles. The first kappa shape index (κ1) is 14.0. The van der Waals surface area contributed by atoms with Gasteiger partial charge in [0.2, 0.25) is 0 Å². The van der Waals surface area contributed by atoms with E-state index >= 15 is 0 Å². The van der Waals surface area contributed by atoms with Gasteiger partial charge >= 0.3 is 6.18 Å². The molecular weight excluding hydrogens is 276 g/mol. The average Bonchev–Trinajstić information content (AvgIpc) is 2.40. The third-order valence-corrected chi connectivity index (χ3v) is 2.50. The Kier molecular flexibility index (Phi) is 3.74. The Balaban J connectivity index is 2.46. The highest BCUT2D eigenvalue weighted by Gasteiger charge is 2.35. The van der Waals surface area contributed by atoms with E-state index in [0.29, 0.717) is 12.4 Å². The van der Waals surface area contributed by atoms with Crippen molar-refractivity contribution in [3.8, 4) is 11.5 Å². The molecule has 0 N–H and O–H groups in total. The van der Waals surface area contributed by atoms with Crippen LogP contribution in [0.2, 0.25) is 0 Å². The Labute approximate surface area is 111 Å². The highest BCUT2D eigenvalue weighted by atomic mass is 19.4. The fourth-order valence-corrected chi connectivity index (χ4v) is 1.58. The second kappa shape index (κ2) is 5.32. The van der Waals surface area contributed by atoms with Gasteiger partial charge in [-0.1, -0.05) is 12.1 Å². The monoisotopic (exact) mass is 284 g/mol.